The molecular formula is C15H16N2O3S2. The lowest BCUT2D eigenvalue weighted by molar-refractivity contribution is -0.136. The third-order valence-corrected chi connectivity index (χ3v) is 4.56. The Hall–Kier alpha value is -1.83. The zero-order valence-corrected chi connectivity index (χ0v) is 13.5. The first-order chi connectivity index (χ1) is 10.6. The van der Waals surface area contributed by atoms with Crippen molar-refractivity contribution in [1.82, 2.24) is 5.32 Å². The van der Waals surface area contributed by atoms with Gasteiger partial charge in [-0.3, -0.25) is 9.59 Å². The third kappa shape index (κ3) is 4.59. The zero-order chi connectivity index (χ0) is 15.9. The van der Waals surface area contributed by atoms with Gasteiger partial charge in [0.1, 0.15) is 6.10 Å². The Morgan fingerprint density at radius 2 is 2.09 bits per heavy atom. The van der Waals surface area contributed by atoms with Crippen LogP contribution in [-0.4, -0.2) is 29.7 Å². The molecular weight excluding hydrogens is 320 g/mol. The predicted octanol–water partition coefficient (Wildman–Crippen LogP) is 2.26. The van der Waals surface area contributed by atoms with E-state index in [0.717, 1.165) is 9.77 Å². The van der Waals surface area contributed by atoms with Crippen LogP contribution in [0, 0.1) is 0 Å². The molecule has 22 heavy (non-hydrogen) atoms. The van der Waals surface area contributed by atoms with Crippen molar-refractivity contribution < 1.29 is 14.7 Å². The molecule has 3 N–H and O–H groups in total. The highest BCUT2D eigenvalue weighted by molar-refractivity contribution is 7.98. The molecule has 0 aliphatic heterocycles. The standard InChI is InChI=1S/C15H16N2O3S2/c1-21-11-5-2-4-10(8-11)17-15(20)14(19)16-9-12(18)13-6-3-7-22-13/h2-8,12,18H,9H2,1H3,(H,16,19)(H,17,20)/t12-/m0/s1. The maximum atomic E-state index is 11.8. The van der Waals surface area contributed by atoms with Crippen molar-refractivity contribution in [1.29, 1.82) is 0 Å². The maximum absolute atomic E-state index is 11.8. The average molecular weight is 336 g/mol. The fourth-order valence-corrected chi connectivity index (χ4v) is 2.91. The summed E-state index contributed by atoms with van der Waals surface area (Å²) < 4.78 is 0. The number of carbonyl (C=O) groups excluding carboxylic acids is 2. The second-order valence-electron chi connectivity index (χ2n) is 4.43. The van der Waals surface area contributed by atoms with Gasteiger partial charge in [0.05, 0.1) is 0 Å². The first-order valence-corrected chi connectivity index (χ1v) is 8.65. The number of nitrogens with one attached hydrogen (secondary N) is 2. The van der Waals surface area contributed by atoms with Crippen LogP contribution in [0.5, 0.6) is 0 Å². The smallest absolute Gasteiger partial charge is 0.313 e. The van der Waals surface area contributed by atoms with Crippen LogP contribution in [0.25, 0.3) is 0 Å². The van der Waals surface area contributed by atoms with Gasteiger partial charge < -0.3 is 15.7 Å². The largest absolute Gasteiger partial charge is 0.386 e. The van der Waals surface area contributed by atoms with Gasteiger partial charge in [-0.1, -0.05) is 12.1 Å². The van der Waals surface area contributed by atoms with Gasteiger partial charge in [-0.15, -0.1) is 23.1 Å². The molecule has 0 saturated heterocycles. The molecule has 2 amide bonds. The minimum atomic E-state index is -0.809. The fraction of sp³-hybridized carbons (Fsp3) is 0.200. The van der Waals surface area contributed by atoms with Gasteiger partial charge in [0.25, 0.3) is 0 Å². The minimum absolute atomic E-state index is 0.00236. The van der Waals surface area contributed by atoms with Crippen molar-refractivity contribution in [2.75, 3.05) is 18.1 Å². The summed E-state index contributed by atoms with van der Waals surface area (Å²) in [5.41, 5.74) is 0.561. The molecule has 0 bridgehead atoms. The topological polar surface area (TPSA) is 78.4 Å². The lowest BCUT2D eigenvalue weighted by Crippen LogP contribution is -2.37. The second-order valence-corrected chi connectivity index (χ2v) is 6.29. The van der Waals surface area contributed by atoms with E-state index in [-0.39, 0.29) is 6.54 Å². The summed E-state index contributed by atoms with van der Waals surface area (Å²) >= 11 is 2.94. The molecule has 5 nitrogen and oxygen atoms in total. The highest BCUT2D eigenvalue weighted by Gasteiger charge is 2.16. The van der Waals surface area contributed by atoms with Gasteiger partial charge >= 0.3 is 11.8 Å². The number of rotatable bonds is 5. The zero-order valence-electron chi connectivity index (χ0n) is 11.9. The van der Waals surface area contributed by atoms with E-state index in [9.17, 15) is 14.7 Å². The van der Waals surface area contributed by atoms with E-state index in [1.54, 1.807) is 36.0 Å². The van der Waals surface area contributed by atoms with E-state index in [4.69, 9.17) is 0 Å². The van der Waals surface area contributed by atoms with Crippen LogP contribution in [0.15, 0.2) is 46.7 Å². The average Bonchev–Trinajstić information content (AvgIpc) is 3.06. The summed E-state index contributed by atoms with van der Waals surface area (Å²) in [5, 5.41) is 16.6. The number of benzene rings is 1. The molecule has 1 heterocycles. The summed E-state index contributed by atoms with van der Waals surface area (Å²) in [4.78, 5) is 25.3. The number of aliphatic hydroxyl groups excluding tert-OH is 1. The van der Waals surface area contributed by atoms with Crippen LogP contribution in [0.4, 0.5) is 5.69 Å². The predicted molar refractivity (Wildman–Crippen MR) is 89.1 cm³/mol. The first kappa shape index (κ1) is 16.5. The first-order valence-electron chi connectivity index (χ1n) is 6.55. The molecule has 1 aromatic carbocycles. The van der Waals surface area contributed by atoms with E-state index >= 15 is 0 Å². The number of anilines is 1. The molecule has 0 unspecified atom stereocenters. The van der Waals surface area contributed by atoms with E-state index in [2.05, 4.69) is 10.6 Å². The summed E-state index contributed by atoms with van der Waals surface area (Å²) in [5.74, 6) is -1.53. The van der Waals surface area contributed by atoms with Crippen LogP contribution >= 0.6 is 23.1 Å². The number of hydrogen-bond donors (Lipinski definition) is 3. The highest BCUT2D eigenvalue weighted by Crippen LogP contribution is 2.19. The molecule has 0 aliphatic rings. The van der Waals surface area contributed by atoms with Crippen LogP contribution < -0.4 is 10.6 Å². The molecule has 0 saturated carbocycles. The van der Waals surface area contributed by atoms with E-state index < -0.39 is 17.9 Å². The number of carbonyl (C=O) groups is 2. The van der Waals surface area contributed by atoms with Crippen molar-refractivity contribution in [3.8, 4) is 0 Å². The van der Waals surface area contributed by atoms with Gasteiger partial charge in [-0.25, -0.2) is 0 Å². The summed E-state index contributed by atoms with van der Waals surface area (Å²) in [6, 6.07) is 10.8. The lowest BCUT2D eigenvalue weighted by Gasteiger charge is -2.10. The van der Waals surface area contributed by atoms with Crippen LogP contribution in [0.2, 0.25) is 0 Å². The molecule has 1 aromatic heterocycles. The van der Waals surface area contributed by atoms with Crippen LogP contribution in [-0.2, 0) is 9.59 Å². The van der Waals surface area contributed by atoms with E-state index in [0.29, 0.717) is 5.69 Å². The number of aliphatic hydroxyl groups is 1. The summed E-state index contributed by atoms with van der Waals surface area (Å²) in [6.45, 7) is -0.00236. The quantitative estimate of drug-likeness (QED) is 0.578. The minimum Gasteiger partial charge on any atom is -0.386 e. The van der Waals surface area contributed by atoms with Gasteiger partial charge in [0.15, 0.2) is 0 Å². The Kier molecular flexibility index (Phi) is 6.00. The molecule has 1 atom stereocenters. The van der Waals surface area contributed by atoms with E-state index in [1.807, 2.05) is 23.8 Å². The van der Waals surface area contributed by atoms with Crippen molar-refractivity contribution >= 4 is 40.6 Å². The lowest BCUT2D eigenvalue weighted by atomic mass is 10.3. The monoisotopic (exact) mass is 336 g/mol. The molecule has 2 aromatic rings. The second kappa shape index (κ2) is 7.98. The fourth-order valence-electron chi connectivity index (χ4n) is 1.74. The number of amides is 2. The number of hydrogen-bond acceptors (Lipinski definition) is 5. The summed E-state index contributed by atoms with van der Waals surface area (Å²) in [6.07, 6.45) is 1.12. The molecule has 2 rings (SSSR count). The Labute approximate surface area is 136 Å². The summed E-state index contributed by atoms with van der Waals surface area (Å²) in [7, 11) is 0. The SMILES string of the molecule is CSc1cccc(NC(=O)C(=O)NC[C@H](O)c2cccs2)c1. The Morgan fingerprint density at radius 3 is 2.77 bits per heavy atom. The molecule has 0 fully saturated rings. The van der Waals surface area contributed by atoms with Gasteiger partial charge in [-0.2, -0.15) is 0 Å². The van der Waals surface area contributed by atoms with E-state index in [1.165, 1.54) is 11.3 Å². The highest BCUT2D eigenvalue weighted by atomic mass is 32.2. The Morgan fingerprint density at radius 1 is 1.27 bits per heavy atom. The van der Waals surface area contributed by atoms with Crippen molar-refractivity contribution in [3.05, 3.63) is 46.7 Å². The van der Waals surface area contributed by atoms with Crippen molar-refractivity contribution in [2.24, 2.45) is 0 Å². The maximum Gasteiger partial charge on any atom is 0.313 e. The third-order valence-electron chi connectivity index (χ3n) is 2.86. The Balaban J connectivity index is 1.85. The number of thioether (sulfide) groups is 1. The van der Waals surface area contributed by atoms with Crippen LogP contribution in [0.1, 0.15) is 11.0 Å². The van der Waals surface area contributed by atoms with Crippen molar-refractivity contribution in [2.45, 2.75) is 11.0 Å². The normalized spacial score (nSPS) is 11.7. The molecule has 116 valence electrons. The van der Waals surface area contributed by atoms with Gasteiger partial charge in [0.2, 0.25) is 0 Å². The Bertz CT molecular complexity index is 644. The van der Waals surface area contributed by atoms with Crippen LogP contribution in [0.3, 0.4) is 0 Å². The molecule has 7 heteroatoms. The van der Waals surface area contributed by atoms with Gasteiger partial charge in [-0.05, 0) is 35.9 Å². The number of thiophene rings is 1. The molecule has 0 aliphatic carbocycles. The molecule has 0 radical (unpaired) electrons. The van der Waals surface area contributed by atoms with Gasteiger partial charge in [0, 0.05) is 22.0 Å². The van der Waals surface area contributed by atoms with Crippen molar-refractivity contribution in [3.63, 3.8) is 0 Å². The molecule has 0 spiro atoms.